The van der Waals surface area contributed by atoms with Crippen LogP contribution in [0.3, 0.4) is 0 Å². The number of nitrogens with zero attached hydrogens (tertiary/aromatic N) is 3. The standard InChI is InChI=1S/C20H24N4O2S2/c1-10(2)18-22-19(27-9-16(25)21-15-8-12(4)26-24-15)17-13-6-5-11(3)7-14(13)28-20(17)23-18/h8,10-11H,5-7,9H2,1-4H3,(H,21,24,25)/t11-/m0/s1. The average molecular weight is 417 g/mol. The maximum Gasteiger partial charge on any atom is 0.236 e. The minimum absolute atomic E-state index is 0.117. The predicted octanol–water partition coefficient (Wildman–Crippen LogP) is 4.97. The molecule has 0 saturated heterocycles. The molecule has 0 bridgehead atoms. The van der Waals surface area contributed by atoms with Crippen LogP contribution >= 0.6 is 23.1 Å². The third-order valence-corrected chi connectivity index (χ3v) is 7.01. The van der Waals surface area contributed by atoms with E-state index in [0.29, 0.717) is 17.5 Å². The van der Waals surface area contributed by atoms with Crippen molar-refractivity contribution >= 4 is 45.0 Å². The van der Waals surface area contributed by atoms with Crippen LogP contribution in [0, 0.1) is 12.8 Å². The molecule has 1 aliphatic rings. The molecule has 1 atom stereocenters. The van der Waals surface area contributed by atoms with Gasteiger partial charge in [0.15, 0.2) is 5.82 Å². The topological polar surface area (TPSA) is 80.9 Å². The second-order valence-electron chi connectivity index (χ2n) is 7.73. The lowest BCUT2D eigenvalue weighted by molar-refractivity contribution is -0.113. The molecule has 1 amide bonds. The third-order valence-electron chi connectivity index (χ3n) is 4.89. The largest absolute Gasteiger partial charge is 0.360 e. The average Bonchev–Trinajstić information content (AvgIpc) is 3.21. The first-order valence-corrected chi connectivity index (χ1v) is 11.4. The highest BCUT2D eigenvalue weighted by Crippen LogP contribution is 2.41. The minimum atomic E-state index is -0.117. The Hall–Kier alpha value is -1.93. The molecule has 1 aliphatic carbocycles. The van der Waals surface area contributed by atoms with E-state index in [1.54, 1.807) is 24.3 Å². The van der Waals surface area contributed by atoms with Gasteiger partial charge in [-0.15, -0.1) is 11.3 Å². The summed E-state index contributed by atoms with van der Waals surface area (Å²) in [4.78, 5) is 24.5. The molecule has 28 heavy (non-hydrogen) atoms. The number of rotatable bonds is 5. The van der Waals surface area contributed by atoms with E-state index in [-0.39, 0.29) is 17.6 Å². The fourth-order valence-corrected chi connectivity index (χ4v) is 5.74. The number of anilines is 1. The molecule has 6 nitrogen and oxygen atoms in total. The van der Waals surface area contributed by atoms with Gasteiger partial charge in [0.1, 0.15) is 21.4 Å². The number of hydrogen-bond donors (Lipinski definition) is 1. The van der Waals surface area contributed by atoms with Crippen LogP contribution in [0.25, 0.3) is 10.2 Å². The highest BCUT2D eigenvalue weighted by Gasteiger charge is 2.25. The van der Waals surface area contributed by atoms with Crippen molar-refractivity contribution in [3.05, 3.63) is 28.1 Å². The smallest absolute Gasteiger partial charge is 0.236 e. The normalized spacial score (nSPS) is 16.5. The van der Waals surface area contributed by atoms with Crippen LogP contribution in [0.2, 0.25) is 0 Å². The number of thioether (sulfide) groups is 1. The van der Waals surface area contributed by atoms with E-state index in [4.69, 9.17) is 14.5 Å². The molecule has 1 N–H and O–H groups in total. The highest BCUT2D eigenvalue weighted by molar-refractivity contribution is 8.00. The van der Waals surface area contributed by atoms with Crippen molar-refractivity contribution < 1.29 is 9.32 Å². The van der Waals surface area contributed by atoms with Gasteiger partial charge in [-0.25, -0.2) is 9.97 Å². The van der Waals surface area contributed by atoms with Gasteiger partial charge in [-0.1, -0.05) is 37.7 Å². The number of aromatic nitrogens is 3. The Bertz CT molecular complexity index is 1020. The molecule has 0 fully saturated rings. The summed E-state index contributed by atoms with van der Waals surface area (Å²) in [6, 6.07) is 1.71. The third kappa shape index (κ3) is 3.93. The quantitative estimate of drug-likeness (QED) is 0.467. The molecular weight excluding hydrogens is 392 g/mol. The first kappa shape index (κ1) is 19.4. The van der Waals surface area contributed by atoms with Gasteiger partial charge in [-0.3, -0.25) is 4.79 Å². The van der Waals surface area contributed by atoms with Crippen LogP contribution in [0.5, 0.6) is 0 Å². The molecule has 3 heterocycles. The fourth-order valence-electron chi connectivity index (χ4n) is 3.43. The number of amides is 1. The van der Waals surface area contributed by atoms with E-state index in [0.717, 1.165) is 33.9 Å². The Morgan fingerprint density at radius 2 is 2.25 bits per heavy atom. The molecule has 0 spiro atoms. The molecule has 148 valence electrons. The monoisotopic (exact) mass is 416 g/mol. The van der Waals surface area contributed by atoms with Crippen LogP contribution in [0.15, 0.2) is 15.6 Å². The molecular formula is C20H24N4O2S2. The summed E-state index contributed by atoms with van der Waals surface area (Å²) in [5.74, 6) is 3.07. The molecule has 0 unspecified atom stereocenters. The molecule has 0 aromatic carbocycles. The van der Waals surface area contributed by atoms with Gasteiger partial charge in [-0.2, -0.15) is 0 Å². The first-order valence-electron chi connectivity index (χ1n) is 9.59. The van der Waals surface area contributed by atoms with E-state index in [9.17, 15) is 4.79 Å². The van der Waals surface area contributed by atoms with Crippen molar-refractivity contribution in [1.82, 2.24) is 15.1 Å². The summed E-state index contributed by atoms with van der Waals surface area (Å²) >= 11 is 3.28. The summed E-state index contributed by atoms with van der Waals surface area (Å²) in [5.41, 5.74) is 1.39. The second-order valence-corrected chi connectivity index (χ2v) is 9.78. The van der Waals surface area contributed by atoms with Gasteiger partial charge < -0.3 is 9.84 Å². The van der Waals surface area contributed by atoms with Crippen LogP contribution in [-0.2, 0) is 17.6 Å². The van der Waals surface area contributed by atoms with Gasteiger partial charge in [0.05, 0.1) is 5.75 Å². The number of thiophene rings is 1. The molecule has 8 heteroatoms. The van der Waals surface area contributed by atoms with Crippen molar-refractivity contribution in [2.24, 2.45) is 5.92 Å². The summed E-state index contributed by atoms with van der Waals surface area (Å²) in [6.45, 7) is 8.31. The van der Waals surface area contributed by atoms with Gasteiger partial charge in [0, 0.05) is 22.2 Å². The lowest BCUT2D eigenvalue weighted by Crippen LogP contribution is -2.14. The van der Waals surface area contributed by atoms with Crippen molar-refractivity contribution in [2.45, 2.75) is 57.9 Å². The number of hydrogen-bond acceptors (Lipinski definition) is 7. The van der Waals surface area contributed by atoms with Crippen molar-refractivity contribution in [3.8, 4) is 0 Å². The highest BCUT2D eigenvalue weighted by atomic mass is 32.2. The van der Waals surface area contributed by atoms with E-state index < -0.39 is 0 Å². The van der Waals surface area contributed by atoms with Crippen molar-refractivity contribution in [2.75, 3.05) is 11.1 Å². The number of carbonyl (C=O) groups is 1. The summed E-state index contributed by atoms with van der Waals surface area (Å²) in [6.07, 6.45) is 3.38. The lowest BCUT2D eigenvalue weighted by Gasteiger charge is -2.18. The van der Waals surface area contributed by atoms with Crippen molar-refractivity contribution in [3.63, 3.8) is 0 Å². The van der Waals surface area contributed by atoms with Gasteiger partial charge >= 0.3 is 0 Å². The number of nitrogens with one attached hydrogen (secondary N) is 1. The van der Waals surface area contributed by atoms with E-state index in [2.05, 4.69) is 31.2 Å². The Balaban J connectivity index is 1.62. The van der Waals surface area contributed by atoms with Gasteiger partial charge in [0.2, 0.25) is 5.91 Å². The molecule has 0 aliphatic heterocycles. The molecule has 0 saturated carbocycles. The first-order chi connectivity index (χ1) is 13.4. The number of aryl methyl sites for hydroxylation is 2. The molecule has 4 rings (SSSR count). The molecule has 0 radical (unpaired) electrons. The Morgan fingerprint density at radius 1 is 1.43 bits per heavy atom. The minimum Gasteiger partial charge on any atom is -0.360 e. The van der Waals surface area contributed by atoms with Gasteiger partial charge in [-0.05, 0) is 37.7 Å². The van der Waals surface area contributed by atoms with E-state index >= 15 is 0 Å². The maximum absolute atomic E-state index is 12.4. The van der Waals surface area contributed by atoms with Crippen LogP contribution in [0.4, 0.5) is 5.82 Å². The molecule has 3 aromatic rings. The van der Waals surface area contributed by atoms with Crippen LogP contribution in [0.1, 0.15) is 55.1 Å². The van der Waals surface area contributed by atoms with E-state index in [1.165, 1.54) is 28.6 Å². The summed E-state index contributed by atoms with van der Waals surface area (Å²) < 4.78 is 5.00. The summed E-state index contributed by atoms with van der Waals surface area (Å²) in [7, 11) is 0. The zero-order valence-corrected chi connectivity index (χ0v) is 18.2. The second kappa shape index (κ2) is 7.83. The Labute approximate surface area is 172 Å². The Kier molecular flexibility index (Phi) is 5.42. The number of fused-ring (bicyclic) bond motifs is 3. The maximum atomic E-state index is 12.4. The zero-order valence-electron chi connectivity index (χ0n) is 16.5. The van der Waals surface area contributed by atoms with E-state index in [1.807, 2.05) is 0 Å². The predicted molar refractivity (Wildman–Crippen MR) is 113 cm³/mol. The van der Waals surface area contributed by atoms with Gasteiger partial charge in [0.25, 0.3) is 0 Å². The number of carbonyl (C=O) groups excluding carboxylic acids is 1. The Morgan fingerprint density at radius 3 is 2.96 bits per heavy atom. The lowest BCUT2D eigenvalue weighted by atomic mass is 9.89. The zero-order chi connectivity index (χ0) is 19.8. The van der Waals surface area contributed by atoms with Crippen molar-refractivity contribution in [1.29, 1.82) is 0 Å². The van der Waals surface area contributed by atoms with Crippen LogP contribution in [-0.4, -0.2) is 26.8 Å². The summed E-state index contributed by atoms with van der Waals surface area (Å²) in [5, 5.41) is 8.67. The molecule has 3 aromatic heterocycles. The van der Waals surface area contributed by atoms with Crippen LogP contribution < -0.4 is 5.32 Å². The SMILES string of the molecule is Cc1cc(NC(=O)CSc2nc(C(C)C)nc3sc4c(c23)CC[C@H](C)C4)no1. The fraction of sp³-hybridized carbons (Fsp3) is 0.500.